The Morgan fingerprint density at radius 2 is 2.23 bits per heavy atom. The first-order valence-corrected chi connectivity index (χ1v) is 8.83. The van der Waals surface area contributed by atoms with Crippen LogP contribution in [0.1, 0.15) is 31.0 Å². The average Bonchev–Trinajstić information content (AvgIpc) is 2.61. The summed E-state index contributed by atoms with van der Waals surface area (Å²) in [7, 11) is 0. The molecule has 0 aromatic carbocycles. The van der Waals surface area contributed by atoms with E-state index in [1.165, 1.54) is 0 Å². The predicted molar refractivity (Wildman–Crippen MR) is 100 cm³/mol. The zero-order valence-corrected chi connectivity index (χ0v) is 15.2. The van der Waals surface area contributed by atoms with Gasteiger partial charge in [0.2, 0.25) is 5.91 Å². The van der Waals surface area contributed by atoms with E-state index in [1.807, 2.05) is 24.0 Å². The van der Waals surface area contributed by atoms with Gasteiger partial charge >= 0.3 is 6.01 Å². The molecule has 0 spiro atoms. The Kier molecular flexibility index (Phi) is 5.50. The quantitative estimate of drug-likeness (QED) is 0.730. The molecule has 138 valence electrons. The normalized spacial score (nSPS) is 13.3. The van der Waals surface area contributed by atoms with Gasteiger partial charge in [0.1, 0.15) is 5.69 Å². The van der Waals surface area contributed by atoms with Crippen molar-refractivity contribution in [3.8, 4) is 6.01 Å². The van der Waals surface area contributed by atoms with Gasteiger partial charge in [-0.3, -0.25) is 9.78 Å². The highest BCUT2D eigenvalue weighted by molar-refractivity contribution is 6.03. The van der Waals surface area contributed by atoms with E-state index < -0.39 is 0 Å². The summed E-state index contributed by atoms with van der Waals surface area (Å²) < 4.78 is 5.60. The van der Waals surface area contributed by atoms with Crippen molar-refractivity contribution in [2.45, 2.75) is 33.1 Å². The van der Waals surface area contributed by atoms with E-state index in [1.54, 1.807) is 6.20 Å². The van der Waals surface area contributed by atoms with E-state index in [2.05, 4.69) is 27.2 Å². The Bertz CT molecular complexity index is 795. The highest BCUT2D eigenvalue weighted by Crippen LogP contribution is 2.33. The number of pyridine rings is 1. The molecule has 0 bridgehead atoms. The summed E-state index contributed by atoms with van der Waals surface area (Å²) in [4.78, 5) is 26.8. The highest BCUT2D eigenvalue weighted by Gasteiger charge is 2.27. The van der Waals surface area contributed by atoms with Crippen LogP contribution < -0.4 is 20.7 Å². The largest absolute Gasteiger partial charge is 0.463 e. The maximum atomic E-state index is 12.0. The molecule has 1 amide bonds. The first-order valence-electron chi connectivity index (χ1n) is 8.83. The monoisotopic (exact) mass is 356 g/mol. The second kappa shape index (κ2) is 7.99. The lowest BCUT2D eigenvalue weighted by molar-refractivity contribution is -0.115. The van der Waals surface area contributed by atoms with Crippen LogP contribution in [0.3, 0.4) is 0 Å². The number of aromatic nitrogens is 3. The number of aryl methyl sites for hydroxylation is 1. The molecule has 0 saturated carbocycles. The first kappa shape index (κ1) is 17.9. The summed E-state index contributed by atoms with van der Waals surface area (Å²) in [5, 5.41) is 2.76. The van der Waals surface area contributed by atoms with Crippen LogP contribution in [0.15, 0.2) is 18.3 Å². The predicted octanol–water partition coefficient (Wildman–Crippen LogP) is 1.94. The van der Waals surface area contributed by atoms with Gasteiger partial charge in [0.15, 0.2) is 11.6 Å². The maximum Gasteiger partial charge on any atom is 0.320 e. The van der Waals surface area contributed by atoms with Crippen molar-refractivity contribution in [1.82, 2.24) is 15.0 Å². The molecule has 8 nitrogen and oxygen atoms in total. The number of carbonyl (C=O) groups excluding carboxylic acids is 1. The van der Waals surface area contributed by atoms with Crippen molar-refractivity contribution in [3.05, 3.63) is 29.6 Å². The molecule has 0 atom stereocenters. The molecular formula is C18H24N6O2. The number of amides is 1. The number of fused-ring (bicyclic) bond motifs is 1. The summed E-state index contributed by atoms with van der Waals surface area (Å²) in [6.07, 6.45) is 4.50. The number of hydrogen-bond acceptors (Lipinski definition) is 7. The minimum Gasteiger partial charge on any atom is -0.463 e. The highest BCUT2D eigenvalue weighted by atomic mass is 16.5. The molecule has 1 aliphatic heterocycles. The summed E-state index contributed by atoms with van der Waals surface area (Å²) in [6.45, 7) is 5.44. The van der Waals surface area contributed by atoms with Gasteiger partial charge in [-0.15, -0.1) is 0 Å². The fourth-order valence-corrected chi connectivity index (χ4v) is 2.80. The van der Waals surface area contributed by atoms with Crippen LogP contribution in [0.5, 0.6) is 6.01 Å². The number of nitrogens with two attached hydrogens (primary N) is 1. The van der Waals surface area contributed by atoms with E-state index in [-0.39, 0.29) is 24.3 Å². The van der Waals surface area contributed by atoms with Crippen molar-refractivity contribution < 1.29 is 9.53 Å². The van der Waals surface area contributed by atoms with Gasteiger partial charge in [-0.1, -0.05) is 13.3 Å². The maximum absolute atomic E-state index is 12.0. The summed E-state index contributed by atoms with van der Waals surface area (Å²) in [6, 6.07) is 4.26. The SMILES string of the molecule is CCCCOc1nc(N)c2c(n1)N(CCc1ccnc(C)c1)CC(=O)N2. The Hall–Kier alpha value is -2.90. The Morgan fingerprint density at radius 1 is 1.38 bits per heavy atom. The van der Waals surface area contributed by atoms with Gasteiger partial charge in [0.05, 0.1) is 13.2 Å². The van der Waals surface area contributed by atoms with Crippen molar-refractivity contribution in [2.75, 3.05) is 35.6 Å². The molecule has 0 unspecified atom stereocenters. The number of hydrogen-bond donors (Lipinski definition) is 2. The number of nitrogens with one attached hydrogen (secondary N) is 1. The second-order valence-corrected chi connectivity index (χ2v) is 6.32. The number of nitrogens with zero attached hydrogens (tertiary/aromatic N) is 4. The topological polar surface area (TPSA) is 106 Å². The van der Waals surface area contributed by atoms with E-state index in [9.17, 15) is 4.79 Å². The molecule has 3 heterocycles. The smallest absolute Gasteiger partial charge is 0.320 e. The van der Waals surface area contributed by atoms with Gasteiger partial charge in [-0.25, -0.2) is 0 Å². The average molecular weight is 356 g/mol. The molecule has 8 heteroatoms. The number of ether oxygens (including phenoxy) is 1. The molecule has 0 fully saturated rings. The molecule has 2 aromatic rings. The Balaban J connectivity index is 1.80. The van der Waals surface area contributed by atoms with Crippen LogP contribution in [0.4, 0.5) is 17.3 Å². The van der Waals surface area contributed by atoms with E-state index in [0.29, 0.717) is 24.7 Å². The molecule has 0 saturated heterocycles. The van der Waals surface area contributed by atoms with Gasteiger partial charge in [-0.2, -0.15) is 9.97 Å². The van der Waals surface area contributed by atoms with Crippen LogP contribution in [0.25, 0.3) is 0 Å². The molecule has 0 radical (unpaired) electrons. The molecular weight excluding hydrogens is 332 g/mol. The Labute approximate surface area is 152 Å². The third-order valence-corrected chi connectivity index (χ3v) is 4.16. The zero-order chi connectivity index (χ0) is 18.5. The lowest BCUT2D eigenvalue weighted by atomic mass is 10.1. The third-order valence-electron chi connectivity index (χ3n) is 4.16. The van der Waals surface area contributed by atoms with Crippen molar-refractivity contribution in [3.63, 3.8) is 0 Å². The van der Waals surface area contributed by atoms with Crippen molar-refractivity contribution in [2.24, 2.45) is 0 Å². The fraction of sp³-hybridized carbons (Fsp3) is 0.444. The van der Waals surface area contributed by atoms with Crippen LogP contribution in [0, 0.1) is 6.92 Å². The standard InChI is InChI=1S/C18H24N6O2/c1-3-4-9-26-18-22-16(19)15-17(23-18)24(11-14(25)21-15)8-6-13-5-7-20-12(2)10-13/h5,7,10H,3-4,6,8-9,11H2,1-2H3,(H,21,25)(H2,19,22,23). The third kappa shape index (κ3) is 4.19. The zero-order valence-electron chi connectivity index (χ0n) is 15.2. The lowest BCUT2D eigenvalue weighted by Crippen LogP contribution is -2.40. The van der Waals surface area contributed by atoms with Gasteiger partial charge in [-0.05, 0) is 37.5 Å². The molecule has 3 rings (SSSR count). The number of rotatable bonds is 7. The Morgan fingerprint density at radius 3 is 3.00 bits per heavy atom. The first-order chi connectivity index (χ1) is 12.6. The summed E-state index contributed by atoms with van der Waals surface area (Å²) >= 11 is 0. The number of carbonyl (C=O) groups is 1. The second-order valence-electron chi connectivity index (χ2n) is 6.32. The fourth-order valence-electron chi connectivity index (χ4n) is 2.80. The van der Waals surface area contributed by atoms with Crippen LogP contribution >= 0.6 is 0 Å². The molecule has 3 N–H and O–H groups in total. The number of anilines is 3. The molecule has 26 heavy (non-hydrogen) atoms. The van der Waals surface area contributed by atoms with Crippen molar-refractivity contribution >= 4 is 23.2 Å². The van der Waals surface area contributed by atoms with E-state index >= 15 is 0 Å². The molecule has 0 aliphatic carbocycles. The minimum absolute atomic E-state index is 0.127. The van der Waals surface area contributed by atoms with Gasteiger partial charge in [0, 0.05) is 18.4 Å². The molecule has 1 aliphatic rings. The van der Waals surface area contributed by atoms with Crippen molar-refractivity contribution in [1.29, 1.82) is 0 Å². The van der Waals surface area contributed by atoms with E-state index in [0.717, 1.165) is 30.5 Å². The van der Waals surface area contributed by atoms with Crippen LogP contribution in [0.2, 0.25) is 0 Å². The lowest BCUT2D eigenvalue weighted by Gasteiger charge is -2.30. The van der Waals surface area contributed by atoms with Crippen LogP contribution in [-0.4, -0.2) is 40.6 Å². The number of nitrogen functional groups attached to an aromatic ring is 1. The summed E-state index contributed by atoms with van der Waals surface area (Å²) in [5.74, 6) is 0.701. The van der Waals surface area contributed by atoms with Gasteiger partial charge < -0.3 is 20.7 Å². The van der Waals surface area contributed by atoms with Gasteiger partial charge in [0.25, 0.3) is 0 Å². The van der Waals surface area contributed by atoms with E-state index in [4.69, 9.17) is 10.5 Å². The minimum atomic E-state index is -0.127. The summed E-state index contributed by atoms with van der Waals surface area (Å²) in [5.41, 5.74) is 8.60. The molecule has 2 aromatic heterocycles. The van der Waals surface area contributed by atoms with Crippen LogP contribution in [-0.2, 0) is 11.2 Å². The number of unbranched alkanes of at least 4 members (excludes halogenated alkanes) is 1.